The predicted octanol–water partition coefficient (Wildman–Crippen LogP) is 1.11. The molecule has 0 spiro atoms. The molecule has 0 aliphatic heterocycles. The van der Waals surface area contributed by atoms with Crippen LogP contribution in [0.2, 0.25) is 0 Å². The van der Waals surface area contributed by atoms with Crippen molar-refractivity contribution in [2.75, 3.05) is 0 Å². The second-order valence-corrected chi connectivity index (χ2v) is 3.48. The van der Waals surface area contributed by atoms with Gasteiger partial charge in [0.05, 0.1) is 0 Å². The van der Waals surface area contributed by atoms with Gasteiger partial charge in [0.1, 0.15) is 5.69 Å². The number of hydrogen-bond donors (Lipinski definition) is 1. The normalized spacial score (nSPS) is 10.5. The molecule has 1 aromatic carbocycles. The summed E-state index contributed by atoms with van der Waals surface area (Å²) in [7, 11) is 0. The first-order valence-corrected chi connectivity index (χ1v) is 4.78. The zero-order valence-electron chi connectivity index (χ0n) is 8.83. The molecule has 6 heteroatoms. The van der Waals surface area contributed by atoms with Crippen LogP contribution in [-0.4, -0.2) is 9.55 Å². The highest BCUT2D eigenvalue weighted by Gasteiger charge is 2.16. The van der Waals surface area contributed by atoms with Crippen molar-refractivity contribution in [3.63, 3.8) is 0 Å². The number of aryl methyl sites for hydroxylation is 1. The highest BCUT2D eigenvalue weighted by atomic mass is 19.1. The summed E-state index contributed by atoms with van der Waals surface area (Å²) in [5.74, 6) is -1.89. The van der Waals surface area contributed by atoms with Gasteiger partial charge in [-0.2, -0.15) is 0 Å². The van der Waals surface area contributed by atoms with Gasteiger partial charge in [0.15, 0.2) is 11.6 Å². The third-order valence-corrected chi connectivity index (χ3v) is 2.34. The molecule has 0 aliphatic rings. The largest absolute Gasteiger partial charge is 0.333 e. The molecule has 1 aromatic heterocycles. The Kier molecular flexibility index (Phi) is 2.63. The number of H-pyrrole nitrogens is 1. The first kappa shape index (κ1) is 11.3. The maximum Gasteiger partial charge on any atom is 0.333 e. The topological polar surface area (TPSA) is 54.9 Å². The Balaban J connectivity index is 2.92. The number of benzene rings is 1. The minimum Gasteiger partial charge on any atom is -0.314 e. The van der Waals surface area contributed by atoms with Gasteiger partial charge in [-0.3, -0.25) is 4.79 Å². The molecule has 0 unspecified atom stereocenters. The van der Waals surface area contributed by atoms with Crippen molar-refractivity contribution in [1.82, 2.24) is 9.55 Å². The smallest absolute Gasteiger partial charge is 0.314 e. The van der Waals surface area contributed by atoms with E-state index in [0.717, 1.165) is 18.3 Å². The number of hydrogen-bond acceptors (Lipinski definition) is 2. The van der Waals surface area contributed by atoms with Gasteiger partial charge < -0.3 is 4.98 Å². The second-order valence-electron chi connectivity index (χ2n) is 3.48. The van der Waals surface area contributed by atoms with Gasteiger partial charge in [0.25, 0.3) is 5.56 Å². The molecule has 0 saturated carbocycles. The Bertz CT molecular complexity index is 660. The first-order chi connectivity index (χ1) is 8.02. The van der Waals surface area contributed by atoms with E-state index in [2.05, 4.69) is 4.98 Å². The molecule has 0 aliphatic carbocycles. The fraction of sp³-hybridized carbons (Fsp3) is 0.0909. The number of aromatic nitrogens is 2. The Morgan fingerprint density at radius 2 is 1.88 bits per heavy atom. The fourth-order valence-corrected chi connectivity index (χ4v) is 1.48. The van der Waals surface area contributed by atoms with Gasteiger partial charge in [-0.15, -0.1) is 0 Å². The van der Waals surface area contributed by atoms with Crippen molar-refractivity contribution in [3.05, 3.63) is 62.4 Å². The molecule has 1 N–H and O–H groups in total. The molecule has 0 bridgehead atoms. The first-order valence-electron chi connectivity index (χ1n) is 4.78. The molecule has 4 nitrogen and oxygen atoms in total. The predicted molar refractivity (Wildman–Crippen MR) is 57.3 cm³/mol. The molecule has 2 rings (SSSR count). The summed E-state index contributed by atoms with van der Waals surface area (Å²) in [5.41, 5.74) is -2.19. The van der Waals surface area contributed by atoms with Gasteiger partial charge in [-0.1, -0.05) is 6.07 Å². The van der Waals surface area contributed by atoms with E-state index in [1.54, 1.807) is 0 Å². The zero-order chi connectivity index (χ0) is 12.6. The molecule has 17 heavy (non-hydrogen) atoms. The Morgan fingerprint density at radius 3 is 2.53 bits per heavy atom. The van der Waals surface area contributed by atoms with Crippen LogP contribution in [0, 0.1) is 18.6 Å². The number of rotatable bonds is 1. The summed E-state index contributed by atoms with van der Waals surface area (Å²) in [6, 6.07) is 3.26. The fourth-order valence-electron chi connectivity index (χ4n) is 1.48. The summed E-state index contributed by atoms with van der Waals surface area (Å²) in [6.45, 7) is 1.42. The monoisotopic (exact) mass is 238 g/mol. The number of aromatic amines is 1. The van der Waals surface area contributed by atoms with E-state index in [4.69, 9.17) is 0 Å². The Hall–Kier alpha value is -2.24. The molecule has 0 radical (unpaired) electrons. The lowest BCUT2D eigenvalue weighted by Gasteiger charge is -2.08. The lowest BCUT2D eigenvalue weighted by molar-refractivity contribution is 0.556. The second kappa shape index (κ2) is 3.97. The van der Waals surface area contributed by atoms with E-state index in [1.807, 2.05) is 0 Å². The van der Waals surface area contributed by atoms with Crippen molar-refractivity contribution in [2.24, 2.45) is 0 Å². The average Bonchev–Trinajstić information content (AvgIpc) is 2.28. The third-order valence-electron chi connectivity index (χ3n) is 2.34. The van der Waals surface area contributed by atoms with Gasteiger partial charge in [0.2, 0.25) is 0 Å². The highest BCUT2D eigenvalue weighted by molar-refractivity contribution is 5.39. The van der Waals surface area contributed by atoms with Crippen LogP contribution in [0.5, 0.6) is 0 Å². The summed E-state index contributed by atoms with van der Waals surface area (Å²) >= 11 is 0. The summed E-state index contributed by atoms with van der Waals surface area (Å²) < 4.78 is 27.7. The van der Waals surface area contributed by atoms with Crippen molar-refractivity contribution >= 4 is 0 Å². The van der Waals surface area contributed by atoms with Crippen molar-refractivity contribution in [3.8, 4) is 5.69 Å². The molecule has 2 aromatic rings. The van der Waals surface area contributed by atoms with Crippen LogP contribution in [0.1, 0.15) is 5.56 Å². The molecular weight excluding hydrogens is 230 g/mol. The van der Waals surface area contributed by atoms with Gasteiger partial charge in [-0.25, -0.2) is 18.1 Å². The molecular formula is C11H8F2N2O2. The van der Waals surface area contributed by atoms with E-state index in [1.165, 1.54) is 13.0 Å². The third kappa shape index (κ3) is 1.77. The standard InChI is InChI=1S/C11H8F2N2O2/c1-6-2-3-7(12)10(9(6)13)15-8(16)4-5-14-11(15)17/h2-5H,1H3,(H,14,17). The van der Waals surface area contributed by atoms with Gasteiger partial charge in [-0.05, 0) is 18.6 Å². The summed E-state index contributed by atoms with van der Waals surface area (Å²) in [4.78, 5) is 25.1. The van der Waals surface area contributed by atoms with E-state index in [9.17, 15) is 18.4 Å². The molecule has 0 atom stereocenters. The highest BCUT2D eigenvalue weighted by Crippen LogP contribution is 2.17. The quantitative estimate of drug-likeness (QED) is 0.809. The summed E-state index contributed by atoms with van der Waals surface area (Å²) in [5, 5.41) is 0. The van der Waals surface area contributed by atoms with Crippen LogP contribution in [0.15, 0.2) is 34.0 Å². The van der Waals surface area contributed by atoms with Crippen molar-refractivity contribution in [1.29, 1.82) is 0 Å². The average molecular weight is 238 g/mol. The molecule has 0 fully saturated rings. The van der Waals surface area contributed by atoms with Crippen LogP contribution in [0.4, 0.5) is 8.78 Å². The maximum atomic E-state index is 13.8. The molecule has 0 saturated heterocycles. The van der Waals surface area contributed by atoms with Crippen molar-refractivity contribution in [2.45, 2.75) is 6.92 Å². The number of nitrogens with one attached hydrogen (secondary N) is 1. The Morgan fingerprint density at radius 1 is 1.18 bits per heavy atom. The van der Waals surface area contributed by atoms with Crippen LogP contribution in [0.3, 0.4) is 0 Å². The van der Waals surface area contributed by atoms with E-state index < -0.39 is 28.6 Å². The van der Waals surface area contributed by atoms with Crippen LogP contribution < -0.4 is 11.2 Å². The Labute approximate surface area is 94.2 Å². The van der Waals surface area contributed by atoms with Crippen LogP contribution in [-0.2, 0) is 0 Å². The van der Waals surface area contributed by atoms with E-state index >= 15 is 0 Å². The minimum absolute atomic E-state index is 0.150. The molecule has 0 amide bonds. The van der Waals surface area contributed by atoms with E-state index in [0.29, 0.717) is 4.57 Å². The van der Waals surface area contributed by atoms with Crippen molar-refractivity contribution < 1.29 is 8.78 Å². The maximum absolute atomic E-state index is 13.8. The summed E-state index contributed by atoms with van der Waals surface area (Å²) in [6.07, 6.45) is 1.12. The zero-order valence-corrected chi connectivity index (χ0v) is 8.83. The van der Waals surface area contributed by atoms with E-state index in [-0.39, 0.29) is 5.56 Å². The van der Waals surface area contributed by atoms with Gasteiger partial charge in [0, 0.05) is 12.3 Å². The number of nitrogens with zero attached hydrogens (tertiary/aromatic N) is 1. The van der Waals surface area contributed by atoms with Crippen LogP contribution in [0.25, 0.3) is 5.69 Å². The number of halogens is 2. The van der Waals surface area contributed by atoms with Gasteiger partial charge >= 0.3 is 5.69 Å². The lowest BCUT2D eigenvalue weighted by atomic mass is 10.2. The minimum atomic E-state index is -0.966. The lowest BCUT2D eigenvalue weighted by Crippen LogP contribution is -2.33. The van der Waals surface area contributed by atoms with Crippen LogP contribution >= 0.6 is 0 Å². The molecule has 1 heterocycles. The molecule has 88 valence electrons. The SMILES string of the molecule is Cc1ccc(F)c(-n2c(=O)cc[nH]c2=O)c1F.